The molecule has 1 saturated heterocycles. The first-order valence-electron chi connectivity index (χ1n) is 9.16. The van der Waals surface area contributed by atoms with Gasteiger partial charge in [-0.1, -0.05) is 36.4 Å². The highest BCUT2D eigenvalue weighted by molar-refractivity contribution is 7.89. The second kappa shape index (κ2) is 7.78. The Labute approximate surface area is 160 Å². The fourth-order valence-corrected chi connectivity index (χ4v) is 4.69. The van der Waals surface area contributed by atoms with E-state index in [1.165, 1.54) is 4.31 Å². The highest BCUT2D eigenvalue weighted by atomic mass is 32.2. The van der Waals surface area contributed by atoms with Gasteiger partial charge in [-0.05, 0) is 44.4 Å². The third-order valence-electron chi connectivity index (χ3n) is 5.23. The van der Waals surface area contributed by atoms with Crippen molar-refractivity contribution in [1.82, 2.24) is 9.29 Å². The summed E-state index contributed by atoms with van der Waals surface area (Å²) in [5.74, 6) is 0.448. The summed E-state index contributed by atoms with van der Waals surface area (Å²) in [6.45, 7) is 4.18. The molecule has 144 valence electrons. The van der Waals surface area contributed by atoms with Gasteiger partial charge >= 0.3 is 0 Å². The molecule has 2 heterocycles. The van der Waals surface area contributed by atoms with E-state index >= 15 is 0 Å². The van der Waals surface area contributed by atoms with E-state index < -0.39 is 15.4 Å². The zero-order valence-corrected chi connectivity index (χ0v) is 16.5. The molecule has 0 unspecified atom stereocenters. The lowest BCUT2D eigenvalue weighted by molar-refractivity contribution is -0.123. The molecule has 27 heavy (non-hydrogen) atoms. The molecule has 1 aliphatic rings. The van der Waals surface area contributed by atoms with Crippen molar-refractivity contribution in [2.24, 2.45) is 0 Å². The van der Waals surface area contributed by atoms with Gasteiger partial charge in [-0.3, -0.25) is 4.79 Å². The van der Waals surface area contributed by atoms with Crippen LogP contribution in [0.5, 0.6) is 0 Å². The van der Waals surface area contributed by atoms with E-state index in [1.54, 1.807) is 13.0 Å². The van der Waals surface area contributed by atoms with Crippen molar-refractivity contribution in [3.63, 3.8) is 0 Å². The predicted molar refractivity (Wildman–Crippen MR) is 106 cm³/mol. The Morgan fingerprint density at radius 3 is 2.37 bits per heavy atom. The van der Waals surface area contributed by atoms with E-state index in [0.717, 1.165) is 11.3 Å². The number of carbonyl (C=O) groups is 1. The summed E-state index contributed by atoms with van der Waals surface area (Å²) < 4.78 is 25.9. The number of hydrogen-bond donors (Lipinski definition) is 1. The predicted octanol–water partition coefficient (Wildman–Crippen LogP) is 2.71. The molecule has 1 fully saturated rings. The number of sulfonamides is 1. The maximum Gasteiger partial charge on any atom is 0.236 e. The van der Waals surface area contributed by atoms with Crippen LogP contribution >= 0.6 is 0 Å². The number of rotatable bonds is 5. The fourth-order valence-electron chi connectivity index (χ4n) is 3.58. The topological polar surface area (TPSA) is 79.4 Å². The highest BCUT2D eigenvalue weighted by Gasteiger charge is 2.44. The molecule has 1 aromatic heterocycles. The first-order chi connectivity index (χ1) is 12.9. The number of carbonyl (C=O) groups excluding carboxylic acids is 1. The molecule has 0 bridgehead atoms. The lowest BCUT2D eigenvalue weighted by atomic mass is 9.72. The summed E-state index contributed by atoms with van der Waals surface area (Å²) in [5, 5.41) is 2.94. The van der Waals surface area contributed by atoms with E-state index in [9.17, 15) is 13.2 Å². The highest BCUT2D eigenvalue weighted by Crippen LogP contribution is 2.37. The Kier molecular flexibility index (Phi) is 5.62. The number of piperidine rings is 1. The van der Waals surface area contributed by atoms with Gasteiger partial charge in [-0.2, -0.15) is 0 Å². The van der Waals surface area contributed by atoms with E-state index in [-0.39, 0.29) is 11.7 Å². The molecule has 7 heteroatoms. The Hall–Kier alpha value is -2.25. The standard InChI is InChI=1S/C20H25N3O3S/c1-3-27(25,26)23-14-12-20(13-15-23,17-9-5-4-6-10-17)19(24)22-18-11-7-8-16(2)21-18/h4-11H,3,12-15H2,1-2H3,(H,21,22,24). The van der Waals surface area contributed by atoms with Crippen LogP contribution in [-0.4, -0.2) is 42.5 Å². The lowest BCUT2D eigenvalue weighted by Gasteiger charge is -2.40. The van der Waals surface area contributed by atoms with E-state index in [2.05, 4.69) is 10.3 Å². The van der Waals surface area contributed by atoms with Crippen molar-refractivity contribution in [1.29, 1.82) is 0 Å². The summed E-state index contributed by atoms with van der Waals surface area (Å²) in [7, 11) is -3.25. The monoisotopic (exact) mass is 387 g/mol. The minimum absolute atomic E-state index is 0.0742. The van der Waals surface area contributed by atoms with Gasteiger partial charge in [-0.15, -0.1) is 0 Å². The van der Waals surface area contributed by atoms with Gasteiger partial charge in [0.2, 0.25) is 15.9 Å². The smallest absolute Gasteiger partial charge is 0.236 e. The maximum absolute atomic E-state index is 13.3. The summed E-state index contributed by atoms with van der Waals surface area (Å²) in [4.78, 5) is 17.7. The number of pyridine rings is 1. The summed E-state index contributed by atoms with van der Waals surface area (Å²) in [6, 6.07) is 15.1. The van der Waals surface area contributed by atoms with E-state index in [0.29, 0.717) is 31.7 Å². The first kappa shape index (κ1) is 19.5. The molecule has 1 N–H and O–H groups in total. The summed E-state index contributed by atoms with van der Waals surface area (Å²) in [5.41, 5.74) is 0.959. The fraction of sp³-hybridized carbons (Fsp3) is 0.400. The Morgan fingerprint density at radius 1 is 1.11 bits per heavy atom. The first-order valence-corrected chi connectivity index (χ1v) is 10.8. The molecule has 0 radical (unpaired) electrons. The van der Waals surface area contributed by atoms with Crippen molar-refractivity contribution in [2.45, 2.75) is 32.1 Å². The van der Waals surface area contributed by atoms with Gasteiger partial charge in [0.25, 0.3) is 0 Å². The second-order valence-electron chi connectivity index (χ2n) is 6.87. The zero-order chi connectivity index (χ0) is 19.5. The number of aromatic nitrogens is 1. The van der Waals surface area contributed by atoms with Crippen LogP contribution in [0.3, 0.4) is 0 Å². The Balaban J connectivity index is 1.90. The molecule has 3 rings (SSSR count). The molecule has 1 aliphatic heterocycles. The van der Waals surface area contributed by atoms with Gasteiger partial charge in [0, 0.05) is 18.8 Å². The molecule has 1 amide bonds. The maximum atomic E-state index is 13.3. The minimum Gasteiger partial charge on any atom is -0.310 e. The van der Waals surface area contributed by atoms with Crippen LogP contribution in [0.25, 0.3) is 0 Å². The number of aryl methyl sites for hydroxylation is 1. The Morgan fingerprint density at radius 2 is 1.78 bits per heavy atom. The number of amides is 1. The molecule has 0 saturated carbocycles. The van der Waals surface area contributed by atoms with Crippen LogP contribution in [0.2, 0.25) is 0 Å². The number of nitrogens with zero attached hydrogens (tertiary/aromatic N) is 2. The van der Waals surface area contributed by atoms with Crippen LogP contribution in [0.4, 0.5) is 5.82 Å². The van der Waals surface area contributed by atoms with Crippen LogP contribution in [0.15, 0.2) is 48.5 Å². The molecular weight excluding hydrogens is 362 g/mol. The van der Waals surface area contributed by atoms with E-state index in [1.807, 2.05) is 49.4 Å². The third kappa shape index (κ3) is 4.04. The van der Waals surface area contributed by atoms with Crippen LogP contribution in [0.1, 0.15) is 31.0 Å². The van der Waals surface area contributed by atoms with Gasteiger partial charge < -0.3 is 5.32 Å². The molecular formula is C20H25N3O3S. The number of anilines is 1. The zero-order valence-electron chi connectivity index (χ0n) is 15.7. The van der Waals surface area contributed by atoms with Gasteiger partial charge in [-0.25, -0.2) is 17.7 Å². The van der Waals surface area contributed by atoms with Crippen LogP contribution in [0, 0.1) is 6.92 Å². The molecule has 0 atom stereocenters. The van der Waals surface area contributed by atoms with Gasteiger partial charge in [0.05, 0.1) is 11.2 Å². The number of benzene rings is 1. The second-order valence-corrected chi connectivity index (χ2v) is 9.12. The molecule has 0 aliphatic carbocycles. The third-order valence-corrected chi connectivity index (χ3v) is 7.11. The molecule has 0 spiro atoms. The van der Waals surface area contributed by atoms with Crippen molar-refractivity contribution in [3.8, 4) is 0 Å². The normalized spacial score (nSPS) is 17.4. The van der Waals surface area contributed by atoms with Crippen molar-refractivity contribution >= 4 is 21.7 Å². The molecule has 1 aromatic carbocycles. The van der Waals surface area contributed by atoms with Crippen molar-refractivity contribution in [3.05, 3.63) is 59.8 Å². The van der Waals surface area contributed by atoms with Gasteiger partial charge in [0.1, 0.15) is 5.82 Å². The van der Waals surface area contributed by atoms with E-state index in [4.69, 9.17) is 0 Å². The van der Waals surface area contributed by atoms with Crippen molar-refractivity contribution in [2.75, 3.05) is 24.2 Å². The Bertz CT molecular complexity index is 905. The minimum atomic E-state index is -3.25. The average molecular weight is 388 g/mol. The van der Waals surface area contributed by atoms with Crippen LogP contribution < -0.4 is 5.32 Å². The quantitative estimate of drug-likeness (QED) is 0.855. The average Bonchev–Trinajstić information content (AvgIpc) is 2.68. The summed E-state index contributed by atoms with van der Waals surface area (Å²) in [6.07, 6.45) is 0.877. The molecule has 6 nitrogen and oxygen atoms in total. The molecule has 2 aromatic rings. The largest absolute Gasteiger partial charge is 0.310 e. The SMILES string of the molecule is CCS(=O)(=O)N1CCC(C(=O)Nc2cccc(C)n2)(c2ccccc2)CC1. The number of nitrogens with one attached hydrogen (secondary N) is 1. The van der Waals surface area contributed by atoms with Gasteiger partial charge in [0.15, 0.2) is 0 Å². The lowest BCUT2D eigenvalue weighted by Crippen LogP contribution is -2.51. The van der Waals surface area contributed by atoms with Crippen LogP contribution in [-0.2, 0) is 20.2 Å². The number of hydrogen-bond acceptors (Lipinski definition) is 4. The van der Waals surface area contributed by atoms with Crippen molar-refractivity contribution < 1.29 is 13.2 Å². The summed E-state index contributed by atoms with van der Waals surface area (Å²) >= 11 is 0.